The molecule has 0 spiro atoms. The normalized spacial score (nSPS) is 16.1. The van der Waals surface area contributed by atoms with E-state index in [1.54, 1.807) is 34.6 Å². The van der Waals surface area contributed by atoms with Crippen molar-refractivity contribution in [1.29, 1.82) is 0 Å². The maximum Gasteiger partial charge on any atom is 0.355 e. The molecule has 0 aliphatic carbocycles. The van der Waals surface area contributed by atoms with Crippen LogP contribution in [0.4, 0.5) is 0 Å². The molecule has 1 fully saturated rings. The molecule has 2 rings (SSSR count). The SMILES string of the molecule is CCOC(=O)c1c(CCCNC[C@H](O)CN2CCOCC2)[nH]c(C(=O)OC(C)(C)C)c1C. The van der Waals surface area contributed by atoms with Crippen LogP contribution in [0, 0.1) is 6.92 Å². The zero-order valence-electron chi connectivity index (χ0n) is 20.1. The van der Waals surface area contributed by atoms with Gasteiger partial charge in [-0.2, -0.15) is 0 Å². The Labute approximate surface area is 190 Å². The number of carbonyl (C=O) groups excluding carboxylic acids is 2. The average Bonchev–Trinajstić information content (AvgIpc) is 3.04. The summed E-state index contributed by atoms with van der Waals surface area (Å²) in [4.78, 5) is 30.4. The van der Waals surface area contributed by atoms with E-state index in [1.807, 2.05) is 0 Å². The predicted octanol–water partition coefficient (Wildman–Crippen LogP) is 1.67. The lowest BCUT2D eigenvalue weighted by Gasteiger charge is -2.28. The zero-order valence-corrected chi connectivity index (χ0v) is 20.1. The minimum absolute atomic E-state index is 0.257. The molecule has 32 heavy (non-hydrogen) atoms. The summed E-state index contributed by atoms with van der Waals surface area (Å²) in [6.45, 7) is 14.0. The number of aliphatic hydroxyl groups excluding tert-OH is 1. The third kappa shape index (κ3) is 8.20. The van der Waals surface area contributed by atoms with E-state index in [4.69, 9.17) is 14.2 Å². The fourth-order valence-corrected chi connectivity index (χ4v) is 3.66. The molecule has 1 saturated heterocycles. The predicted molar refractivity (Wildman–Crippen MR) is 121 cm³/mol. The van der Waals surface area contributed by atoms with Gasteiger partial charge in [-0.25, -0.2) is 9.59 Å². The second kappa shape index (κ2) is 12.3. The first-order valence-electron chi connectivity index (χ1n) is 11.4. The average molecular weight is 454 g/mol. The molecule has 0 unspecified atom stereocenters. The quantitative estimate of drug-likeness (QED) is 0.343. The van der Waals surface area contributed by atoms with E-state index < -0.39 is 23.6 Å². The molecule has 1 aliphatic rings. The molecule has 0 saturated carbocycles. The lowest BCUT2D eigenvalue weighted by atomic mass is 10.1. The van der Waals surface area contributed by atoms with Crippen LogP contribution in [-0.4, -0.2) is 91.2 Å². The van der Waals surface area contributed by atoms with Gasteiger partial charge >= 0.3 is 11.9 Å². The molecule has 2 heterocycles. The number of β-amino-alcohol motifs (C(OH)–C–C–N with tert-alkyl or cyclic N) is 1. The smallest absolute Gasteiger partial charge is 0.355 e. The standard InChI is InChI=1S/C23H39N3O6/c1-6-31-21(28)19-16(2)20(22(29)32-23(3,4)5)25-18(19)8-7-9-24-14-17(27)15-26-10-12-30-13-11-26/h17,24-25,27H,6-15H2,1-5H3/t17-/m0/s1. The molecule has 0 radical (unpaired) electrons. The summed E-state index contributed by atoms with van der Waals surface area (Å²) in [5.41, 5.74) is 1.26. The van der Waals surface area contributed by atoms with E-state index in [1.165, 1.54) is 0 Å². The fraction of sp³-hybridized carbons (Fsp3) is 0.739. The lowest BCUT2D eigenvalue weighted by Crippen LogP contribution is -2.43. The van der Waals surface area contributed by atoms with E-state index in [0.29, 0.717) is 56.1 Å². The first kappa shape index (κ1) is 26.3. The largest absolute Gasteiger partial charge is 0.462 e. The van der Waals surface area contributed by atoms with Crippen molar-refractivity contribution in [2.24, 2.45) is 0 Å². The van der Waals surface area contributed by atoms with Crippen LogP contribution < -0.4 is 5.32 Å². The zero-order chi connectivity index (χ0) is 23.7. The van der Waals surface area contributed by atoms with Crippen molar-refractivity contribution in [3.05, 3.63) is 22.5 Å². The van der Waals surface area contributed by atoms with E-state index in [9.17, 15) is 14.7 Å². The Morgan fingerprint density at radius 1 is 1.25 bits per heavy atom. The van der Waals surface area contributed by atoms with Gasteiger partial charge < -0.3 is 29.6 Å². The van der Waals surface area contributed by atoms with E-state index in [0.717, 1.165) is 19.5 Å². The van der Waals surface area contributed by atoms with Gasteiger partial charge in [0.15, 0.2) is 0 Å². The number of aromatic nitrogens is 1. The highest BCUT2D eigenvalue weighted by Crippen LogP contribution is 2.23. The van der Waals surface area contributed by atoms with E-state index >= 15 is 0 Å². The molecular formula is C23H39N3O6. The number of hydrogen-bond acceptors (Lipinski definition) is 8. The number of nitrogens with zero attached hydrogens (tertiary/aromatic N) is 1. The summed E-state index contributed by atoms with van der Waals surface area (Å²) >= 11 is 0. The molecule has 0 amide bonds. The maximum absolute atomic E-state index is 12.6. The minimum Gasteiger partial charge on any atom is -0.462 e. The van der Waals surface area contributed by atoms with Gasteiger partial charge in [-0.1, -0.05) is 0 Å². The summed E-state index contributed by atoms with van der Waals surface area (Å²) in [6.07, 6.45) is 0.837. The van der Waals surface area contributed by atoms with Crippen LogP contribution in [0.5, 0.6) is 0 Å². The minimum atomic E-state index is -0.634. The molecular weight excluding hydrogens is 414 g/mol. The third-order valence-corrected chi connectivity index (χ3v) is 5.14. The Kier molecular flexibility index (Phi) is 10.1. The van der Waals surface area contributed by atoms with Crippen LogP contribution in [0.25, 0.3) is 0 Å². The van der Waals surface area contributed by atoms with Crippen molar-refractivity contribution in [3.63, 3.8) is 0 Å². The van der Waals surface area contributed by atoms with Gasteiger partial charge in [-0.15, -0.1) is 0 Å². The number of hydrogen-bond donors (Lipinski definition) is 3. The van der Waals surface area contributed by atoms with E-state index in [-0.39, 0.29) is 12.3 Å². The summed E-state index contributed by atoms with van der Waals surface area (Å²) in [7, 11) is 0. The number of H-pyrrole nitrogens is 1. The molecule has 182 valence electrons. The van der Waals surface area contributed by atoms with Gasteiger partial charge in [-0.3, -0.25) is 4.90 Å². The van der Waals surface area contributed by atoms with Crippen LogP contribution in [-0.2, 0) is 20.6 Å². The fourth-order valence-electron chi connectivity index (χ4n) is 3.66. The second-order valence-electron chi connectivity index (χ2n) is 9.08. The van der Waals surface area contributed by atoms with Crippen molar-refractivity contribution in [2.45, 2.75) is 59.2 Å². The number of esters is 2. The molecule has 9 nitrogen and oxygen atoms in total. The van der Waals surface area contributed by atoms with Crippen LogP contribution in [0.1, 0.15) is 66.2 Å². The molecule has 9 heteroatoms. The Morgan fingerprint density at radius 3 is 2.56 bits per heavy atom. The lowest BCUT2D eigenvalue weighted by molar-refractivity contribution is 0.00622. The van der Waals surface area contributed by atoms with Crippen LogP contribution in [0.2, 0.25) is 0 Å². The maximum atomic E-state index is 12.6. The number of aryl methyl sites for hydroxylation is 1. The molecule has 1 atom stereocenters. The first-order valence-corrected chi connectivity index (χ1v) is 11.4. The van der Waals surface area contributed by atoms with Crippen molar-refractivity contribution in [3.8, 4) is 0 Å². The number of nitrogens with one attached hydrogen (secondary N) is 2. The summed E-state index contributed by atoms with van der Waals surface area (Å²) in [5, 5.41) is 13.5. The third-order valence-electron chi connectivity index (χ3n) is 5.14. The number of rotatable bonds is 11. The van der Waals surface area contributed by atoms with Crippen molar-refractivity contribution < 1.29 is 28.9 Å². The van der Waals surface area contributed by atoms with Gasteiger partial charge in [0.1, 0.15) is 11.3 Å². The number of ether oxygens (including phenoxy) is 3. The Bertz CT molecular complexity index is 750. The highest BCUT2D eigenvalue weighted by Gasteiger charge is 2.27. The first-order chi connectivity index (χ1) is 15.1. The number of carbonyl (C=O) groups is 2. The number of aromatic amines is 1. The van der Waals surface area contributed by atoms with Crippen molar-refractivity contribution >= 4 is 11.9 Å². The molecule has 1 aromatic rings. The van der Waals surface area contributed by atoms with Gasteiger partial charge in [0, 0.05) is 31.9 Å². The second-order valence-corrected chi connectivity index (χ2v) is 9.08. The van der Waals surface area contributed by atoms with E-state index in [2.05, 4.69) is 15.2 Å². The van der Waals surface area contributed by atoms with Crippen LogP contribution >= 0.6 is 0 Å². The van der Waals surface area contributed by atoms with Crippen molar-refractivity contribution in [1.82, 2.24) is 15.2 Å². The van der Waals surface area contributed by atoms with Gasteiger partial charge in [0.05, 0.1) is 31.5 Å². The molecule has 0 aromatic carbocycles. The highest BCUT2D eigenvalue weighted by atomic mass is 16.6. The Hall–Kier alpha value is -1.94. The molecule has 3 N–H and O–H groups in total. The monoisotopic (exact) mass is 453 g/mol. The van der Waals surface area contributed by atoms with Crippen LogP contribution in [0.3, 0.4) is 0 Å². The summed E-state index contributed by atoms with van der Waals surface area (Å²) < 4.78 is 16.0. The van der Waals surface area contributed by atoms with Gasteiger partial charge in [-0.05, 0) is 59.6 Å². The topological polar surface area (TPSA) is 113 Å². The number of morpholine rings is 1. The Balaban J connectivity index is 1.92. The summed E-state index contributed by atoms with van der Waals surface area (Å²) in [6, 6.07) is 0. The Morgan fingerprint density at radius 2 is 1.94 bits per heavy atom. The number of aliphatic hydroxyl groups is 1. The molecule has 1 aliphatic heterocycles. The molecule has 1 aromatic heterocycles. The van der Waals surface area contributed by atoms with Crippen molar-refractivity contribution in [2.75, 3.05) is 52.5 Å². The van der Waals surface area contributed by atoms with Gasteiger partial charge in [0.2, 0.25) is 0 Å². The van der Waals surface area contributed by atoms with Crippen LogP contribution in [0.15, 0.2) is 0 Å². The summed E-state index contributed by atoms with van der Waals surface area (Å²) in [5.74, 6) is -0.934. The highest BCUT2D eigenvalue weighted by molar-refractivity contribution is 5.98. The van der Waals surface area contributed by atoms with Gasteiger partial charge in [0.25, 0.3) is 0 Å². The molecule has 0 bridgehead atoms.